The van der Waals surface area contributed by atoms with Crippen LogP contribution in [0.15, 0.2) is 18.2 Å². The number of rotatable bonds is 3. The third-order valence-electron chi connectivity index (χ3n) is 3.31. The molecule has 0 amide bonds. The normalized spacial score (nSPS) is 17.1. The largest absolute Gasteiger partial charge is 0.418 e. The van der Waals surface area contributed by atoms with Crippen molar-refractivity contribution in [2.75, 3.05) is 38.3 Å². The predicted molar refractivity (Wildman–Crippen MR) is 71.9 cm³/mol. The minimum Gasteiger partial charge on any atom is -0.380 e. The zero-order chi connectivity index (χ0) is 14.6. The summed E-state index contributed by atoms with van der Waals surface area (Å²) in [5, 5.41) is 2.87. The molecule has 0 unspecified atom stereocenters. The van der Waals surface area contributed by atoms with E-state index in [1.807, 2.05) is 0 Å². The molecule has 0 aliphatic carbocycles. The Hall–Kier alpha value is -1.27. The van der Waals surface area contributed by atoms with Gasteiger partial charge in [0.2, 0.25) is 0 Å². The van der Waals surface area contributed by atoms with E-state index in [4.69, 9.17) is 4.74 Å². The van der Waals surface area contributed by atoms with Crippen molar-refractivity contribution in [1.29, 1.82) is 0 Å². The first kappa shape index (κ1) is 15.1. The van der Waals surface area contributed by atoms with Crippen molar-refractivity contribution in [2.24, 2.45) is 0 Å². The van der Waals surface area contributed by atoms with Gasteiger partial charge in [-0.2, -0.15) is 13.2 Å². The summed E-state index contributed by atoms with van der Waals surface area (Å²) in [5.41, 5.74) is 0.324. The van der Waals surface area contributed by atoms with Gasteiger partial charge in [0.15, 0.2) is 0 Å². The van der Waals surface area contributed by atoms with E-state index in [9.17, 15) is 13.2 Å². The number of benzene rings is 1. The molecule has 0 spiro atoms. The van der Waals surface area contributed by atoms with Crippen LogP contribution >= 0.6 is 0 Å². The number of nitrogens with one attached hydrogen (secondary N) is 1. The Kier molecular flexibility index (Phi) is 4.88. The Morgan fingerprint density at radius 3 is 2.75 bits per heavy atom. The number of nitrogens with zero attached hydrogens (tertiary/aromatic N) is 1. The second-order valence-corrected chi connectivity index (χ2v) is 4.83. The molecule has 1 fully saturated rings. The molecule has 2 rings (SSSR count). The minimum absolute atomic E-state index is 0.253. The van der Waals surface area contributed by atoms with Crippen molar-refractivity contribution < 1.29 is 17.9 Å². The van der Waals surface area contributed by atoms with E-state index in [-0.39, 0.29) is 5.69 Å². The molecule has 0 atom stereocenters. The fourth-order valence-corrected chi connectivity index (χ4v) is 2.39. The van der Waals surface area contributed by atoms with Crippen LogP contribution in [0.5, 0.6) is 0 Å². The average molecular weight is 288 g/mol. The maximum atomic E-state index is 13.2. The van der Waals surface area contributed by atoms with Crippen LogP contribution in [0.1, 0.15) is 17.5 Å². The topological polar surface area (TPSA) is 24.5 Å². The summed E-state index contributed by atoms with van der Waals surface area (Å²) in [6, 6.07) is 4.55. The Balaban J connectivity index is 2.35. The van der Waals surface area contributed by atoms with Gasteiger partial charge in [-0.15, -0.1) is 0 Å². The molecule has 0 radical (unpaired) electrons. The molecule has 1 aliphatic heterocycles. The summed E-state index contributed by atoms with van der Waals surface area (Å²) in [7, 11) is 1.72. The summed E-state index contributed by atoms with van der Waals surface area (Å²) in [4.78, 5) is 1.76. The molecule has 6 heteroatoms. The predicted octanol–water partition coefficient (Wildman–Crippen LogP) is 2.65. The molecule has 1 aromatic carbocycles. The highest BCUT2D eigenvalue weighted by Crippen LogP contribution is 2.37. The number of anilines is 1. The van der Waals surface area contributed by atoms with E-state index >= 15 is 0 Å². The van der Waals surface area contributed by atoms with Crippen LogP contribution in [0.4, 0.5) is 18.9 Å². The summed E-state index contributed by atoms with van der Waals surface area (Å²) in [6.07, 6.45) is -3.60. The van der Waals surface area contributed by atoms with Crippen molar-refractivity contribution in [1.82, 2.24) is 5.32 Å². The van der Waals surface area contributed by atoms with Crippen molar-refractivity contribution in [3.63, 3.8) is 0 Å². The summed E-state index contributed by atoms with van der Waals surface area (Å²) in [6.45, 7) is 2.58. The monoisotopic (exact) mass is 288 g/mol. The summed E-state index contributed by atoms with van der Waals surface area (Å²) >= 11 is 0. The molecule has 1 N–H and O–H groups in total. The van der Waals surface area contributed by atoms with E-state index in [0.717, 1.165) is 6.42 Å². The summed E-state index contributed by atoms with van der Waals surface area (Å²) < 4.78 is 45.0. The molecule has 112 valence electrons. The number of ether oxygens (including phenoxy) is 1. The maximum Gasteiger partial charge on any atom is 0.418 e. The van der Waals surface area contributed by atoms with Gasteiger partial charge >= 0.3 is 6.18 Å². The van der Waals surface area contributed by atoms with Crippen LogP contribution < -0.4 is 10.2 Å². The van der Waals surface area contributed by atoms with E-state index in [1.165, 1.54) is 6.07 Å². The highest BCUT2D eigenvalue weighted by molar-refractivity contribution is 5.56. The molecule has 0 bridgehead atoms. The lowest BCUT2D eigenvalue weighted by Crippen LogP contribution is -2.28. The second kappa shape index (κ2) is 6.45. The molecule has 0 aromatic heterocycles. The van der Waals surface area contributed by atoms with Crippen LogP contribution in [0.25, 0.3) is 0 Å². The van der Waals surface area contributed by atoms with Gasteiger partial charge in [0.05, 0.1) is 12.2 Å². The van der Waals surface area contributed by atoms with Crippen LogP contribution in [-0.2, 0) is 17.5 Å². The van der Waals surface area contributed by atoms with Gasteiger partial charge < -0.3 is 15.0 Å². The average Bonchev–Trinajstić information content (AvgIpc) is 2.67. The smallest absolute Gasteiger partial charge is 0.380 e. The van der Waals surface area contributed by atoms with Crippen molar-refractivity contribution in [3.05, 3.63) is 29.3 Å². The highest BCUT2D eigenvalue weighted by Gasteiger charge is 2.35. The lowest BCUT2D eigenvalue weighted by Gasteiger charge is -2.26. The lowest BCUT2D eigenvalue weighted by molar-refractivity contribution is -0.137. The van der Waals surface area contributed by atoms with Crippen LogP contribution in [0, 0.1) is 0 Å². The molecule has 1 aromatic rings. The maximum absolute atomic E-state index is 13.2. The Bertz CT molecular complexity index is 441. The Morgan fingerprint density at radius 1 is 1.25 bits per heavy atom. The van der Waals surface area contributed by atoms with Gasteiger partial charge in [-0.25, -0.2) is 0 Å². The third-order valence-corrected chi connectivity index (χ3v) is 3.31. The van der Waals surface area contributed by atoms with E-state index in [0.29, 0.717) is 38.4 Å². The van der Waals surface area contributed by atoms with Gasteiger partial charge in [-0.3, -0.25) is 0 Å². The number of halogens is 3. The number of hydrogen-bond acceptors (Lipinski definition) is 3. The third kappa shape index (κ3) is 3.64. The standard InChI is InChI=1S/C14H19F3N2O/c1-18-10-11-3-4-13(12(9-11)14(15,16)17)19-5-2-7-20-8-6-19/h3-4,9,18H,2,5-8,10H2,1H3. The lowest BCUT2D eigenvalue weighted by atomic mass is 10.1. The van der Waals surface area contributed by atoms with Gasteiger partial charge in [-0.1, -0.05) is 6.07 Å². The molecular formula is C14H19F3N2O. The molecule has 3 nitrogen and oxygen atoms in total. The molecular weight excluding hydrogens is 269 g/mol. The van der Waals surface area contributed by atoms with Crippen LogP contribution in [0.3, 0.4) is 0 Å². The Labute approximate surface area is 116 Å². The van der Waals surface area contributed by atoms with Crippen molar-refractivity contribution in [3.8, 4) is 0 Å². The highest BCUT2D eigenvalue weighted by atomic mass is 19.4. The van der Waals surface area contributed by atoms with Gasteiger partial charge in [0, 0.05) is 31.9 Å². The fourth-order valence-electron chi connectivity index (χ4n) is 2.39. The van der Waals surface area contributed by atoms with Gasteiger partial charge in [-0.05, 0) is 31.2 Å². The first-order valence-corrected chi connectivity index (χ1v) is 6.70. The number of hydrogen-bond donors (Lipinski definition) is 1. The zero-order valence-electron chi connectivity index (χ0n) is 11.5. The van der Waals surface area contributed by atoms with Crippen LogP contribution in [-0.4, -0.2) is 33.4 Å². The minimum atomic E-state index is -4.34. The first-order valence-electron chi connectivity index (χ1n) is 6.70. The van der Waals surface area contributed by atoms with Crippen molar-refractivity contribution in [2.45, 2.75) is 19.1 Å². The quantitative estimate of drug-likeness (QED) is 0.925. The van der Waals surface area contributed by atoms with Gasteiger partial charge in [0.1, 0.15) is 0 Å². The molecule has 20 heavy (non-hydrogen) atoms. The molecule has 1 heterocycles. The fraction of sp³-hybridized carbons (Fsp3) is 0.571. The first-order chi connectivity index (χ1) is 9.52. The van der Waals surface area contributed by atoms with E-state index < -0.39 is 11.7 Å². The SMILES string of the molecule is CNCc1ccc(N2CCCOCC2)c(C(F)(F)F)c1. The second-order valence-electron chi connectivity index (χ2n) is 4.83. The zero-order valence-corrected chi connectivity index (χ0v) is 11.5. The number of alkyl halides is 3. The van der Waals surface area contributed by atoms with E-state index in [1.54, 1.807) is 24.1 Å². The molecule has 1 saturated heterocycles. The van der Waals surface area contributed by atoms with Gasteiger partial charge in [0.25, 0.3) is 0 Å². The molecule has 0 saturated carbocycles. The summed E-state index contributed by atoms with van der Waals surface area (Å²) in [5.74, 6) is 0. The Morgan fingerprint density at radius 2 is 2.05 bits per heavy atom. The van der Waals surface area contributed by atoms with Crippen LogP contribution in [0.2, 0.25) is 0 Å². The molecule has 1 aliphatic rings. The van der Waals surface area contributed by atoms with Crippen molar-refractivity contribution >= 4 is 5.69 Å². The van der Waals surface area contributed by atoms with E-state index in [2.05, 4.69) is 5.32 Å².